The lowest BCUT2D eigenvalue weighted by Gasteiger charge is -2.24. The zero-order valence-corrected chi connectivity index (χ0v) is 16.7. The number of imide groups is 1. The largest absolute Gasteiger partial charge is 0.444 e. The first-order valence-electron chi connectivity index (χ1n) is 9.83. The molecule has 154 valence electrons. The molecule has 0 bridgehead atoms. The third kappa shape index (κ3) is 3.71. The summed E-state index contributed by atoms with van der Waals surface area (Å²) in [6, 6.07) is 6.34. The Morgan fingerprint density at radius 3 is 2.10 bits per heavy atom. The molecule has 2 aliphatic heterocycles. The molecule has 1 saturated heterocycles. The van der Waals surface area contributed by atoms with Gasteiger partial charge in [0.15, 0.2) is 0 Å². The van der Waals surface area contributed by atoms with Crippen molar-refractivity contribution in [2.75, 3.05) is 13.1 Å². The van der Waals surface area contributed by atoms with Gasteiger partial charge in [0.05, 0.1) is 17.0 Å². The van der Waals surface area contributed by atoms with Gasteiger partial charge in [-0.15, -0.1) is 0 Å². The van der Waals surface area contributed by atoms with E-state index in [2.05, 4.69) is 0 Å². The number of carbonyl (C=O) groups excluding carboxylic acids is 4. The predicted molar refractivity (Wildman–Crippen MR) is 101 cm³/mol. The predicted octanol–water partition coefficient (Wildman–Crippen LogP) is 2.63. The van der Waals surface area contributed by atoms with Crippen molar-refractivity contribution in [2.45, 2.75) is 39.2 Å². The summed E-state index contributed by atoms with van der Waals surface area (Å²) >= 11 is 0. The van der Waals surface area contributed by atoms with Crippen LogP contribution in [0.3, 0.4) is 0 Å². The molecular formula is C21H24N2O6. The number of likely N-dealkylation sites (tertiary alicyclic amines) is 1. The van der Waals surface area contributed by atoms with Crippen molar-refractivity contribution in [3.8, 4) is 0 Å². The van der Waals surface area contributed by atoms with Crippen LogP contribution >= 0.6 is 0 Å². The Kier molecular flexibility index (Phi) is 4.59. The second-order valence-electron chi connectivity index (χ2n) is 8.85. The highest BCUT2D eigenvalue weighted by molar-refractivity contribution is 6.20. The summed E-state index contributed by atoms with van der Waals surface area (Å²) in [6.45, 7) is 5.91. The molecule has 2 atom stereocenters. The fourth-order valence-corrected chi connectivity index (χ4v) is 3.96. The molecule has 0 spiro atoms. The number of nitrogens with zero attached hydrogens (tertiary/aromatic N) is 2. The first kappa shape index (κ1) is 19.4. The Balaban J connectivity index is 1.47. The summed E-state index contributed by atoms with van der Waals surface area (Å²) in [4.78, 5) is 57.0. The number of amides is 3. The van der Waals surface area contributed by atoms with E-state index in [1.807, 2.05) is 0 Å². The van der Waals surface area contributed by atoms with Crippen LogP contribution < -0.4 is 0 Å². The fraction of sp³-hybridized carbons (Fsp3) is 0.524. The Morgan fingerprint density at radius 2 is 1.59 bits per heavy atom. The second kappa shape index (κ2) is 6.86. The van der Waals surface area contributed by atoms with Gasteiger partial charge in [-0.1, -0.05) is 17.2 Å². The molecule has 8 heteroatoms. The van der Waals surface area contributed by atoms with Gasteiger partial charge in [0.1, 0.15) is 5.60 Å². The summed E-state index contributed by atoms with van der Waals surface area (Å²) in [6.07, 6.45) is 1.51. The molecule has 0 aromatic heterocycles. The molecule has 2 heterocycles. The fourth-order valence-electron chi connectivity index (χ4n) is 3.96. The van der Waals surface area contributed by atoms with Crippen LogP contribution in [0.15, 0.2) is 24.3 Å². The average molecular weight is 400 g/mol. The third-order valence-electron chi connectivity index (χ3n) is 5.49. The van der Waals surface area contributed by atoms with E-state index in [0.717, 1.165) is 12.8 Å². The first-order chi connectivity index (χ1) is 13.7. The van der Waals surface area contributed by atoms with Gasteiger partial charge in [0, 0.05) is 13.1 Å². The normalized spacial score (nSPS) is 24.0. The summed E-state index contributed by atoms with van der Waals surface area (Å²) in [5.74, 6) is -2.29. The summed E-state index contributed by atoms with van der Waals surface area (Å²) < 4.78 is 5.42. The molecule has 0 radical (unpaired) electrons. The van der Waals surface area contributed by atoms with Crippen LogP contribution in [0.25, 0.3) is 0 Å². The number of hydroxylamine groups is 2. The molecule has 1 aromatic carbocycles. The molecule has 0 N–H and O–H groups in total. The van der Waals surface area contributed by atoms with E-state index >= 15 is 0 Å². The van der Waals surface area contributed by atoms with Gasteiger partial charge in [-0.05, 0) is 57.6 Å². The Morgan fingerprint density at radius 1 is 1.00 bits per heavy atom. The Labute approximate surface area is 168 Å². The van der Waals surface area contributed by atoms with Gasteiger partial charge in [0.25, 0.3) is 11.8 Å². The monoisotopic (exact) mass is 400 g/mol. The van der Waals surface area contributed by atoms with E-state index in [1.54, 1.807) is 32.9 Å². The van der Waals surface area contributed by atoms with Gasteiger partial charge < -0.3 is 14.5 Å². The number of rotatable bonds is 3. The molecule has 3 amide bonds. The van der Waals surface area contributed by atoms with Gasteiger partial charge in [-0.2, -0.15) is 0 Å². The highest BCUT2D eigenvalue weighted by Crippen LogP contribution is 2.44. The number of benzene rings is 1. The van der Waals surface area contributed by atoms with Crippen molar-refractivity contribution < 1.29 is 28.8 Å². The smallest absolute Gasteiger partial charge is 0.410 e. The standard InChI is InChI=1S/C21H24N2O6/c1-21(2,3)28-20(27)22-10-15(12-8-9-12)16(11-22)19(26)29-23-17(24)13-6-4-5-7-14(13)18(23)25/h4-7,12,15-16H,8-11H2,1-3H3/t15-,16+/m1/s1. The molecule has 2 fully saturated rings. The molecule has 1 saturated carbocycles. The topological polar surface area (TPSA) is 93.2 Å². The van der Waals surface area contributed by atoms with Crippen LogP contribution in [-0.2, 0) is 14.4 Å². The van der Waals surface area contributed by atoms with Crippen molar-refractivity contribution in [3.63, 3.8) is 0 Å². The summed E-state index contributed by atoms with van der Waals surface area (Å²) in [5.41, 5.74) is -0.207. The van der Waals surface area contributed by atoms with Crippen LogP contribution in [0, 0.1) is 17.8 Å². The van der Waals surface area contributed by atoms with E-state index in [1.165, 1.54) is 17.0 Å². The minimum Gasteiger partial charge on any atom is -0.444 e. The maximum Gasteiger partial charge on any atom is 0.410 e. The maximum absolute atomic E-state index is 12.9. The molecule has 1 aliphatic carbocycles. The van der Waals surface area contributed by atoms with Gasteiger partial charge in [-0.3, -0.25) is 9.59 Å². The maximum atomic E-state index is 12.9. The lowest BCUT2D eigenvalue weighted by Crippen LogP contribution is -2.38. The highest BCUT2D eigenvalue weighted by Gasteiger charge is 2.50. The molecule has 8 nitrogen and oxygen atoms in total. The lowest BCUT2D eigenvalue weighted by molar-refractivity contribution is -0.174. The molecular weight excluding hydrogens is 376 g/mol. The third-order valence-corrected chi connectivity index (χ3v) is 5.49. The number of fused-ring (bicyclic) bond motifs is 1. The summed E-state index contributed by atoms with van der Waals surface area (Å²) in [7, 11) is 0. The van der Waals surface area contributed by atoms with Crippen molar-refractivity contribution in [1.82, 2.24) is 9.96 Å². The van der Waals surface area contributed by atoms with Crippen molar-refractivity contribution in [3.05, 3.63) is 35.4 Å². The number of carbonyl (C=O) groups is 4. The molecule has 0 unspecified atom stereocenters. The molecule has 4 rings (SSSR count). The van der Waals surface area contributed by atoms with Crippen LogP contribution in [0.1, 0.15) is 54.3 Å². The summed E-state index contributed by atoms with van der Waals surface area (Å²) in [5, 5.41) is 0.535. The number of hydrogen-bond donors (Lipinski definition) is 0. The number of hydrogen-bond acceptors (Lipinski definition) is 6. The van der Waals surface area contributed by atoms with Crippen molar-refractivity contribution in [1.29, 1.82) is 0 Å². The zero-order chi connectivity index (χ0) is 20.9. The zero-order valence-electron chi connectivity index (χ0n) is 16.7. The molecule has 29 heavy (non-hydrogen) atoms. The second-order valence-corrected chi connectivity index (χ2v) is 8.85. The highest BCUT2D eigenvalue weighted by atomic mass is 16.7. The van der Waals surface area contributed by atoms with Crippen LogP contribution in [0.4, 0.5) is 4.79 Å². The minimum absolute atomic E-state index is 0.0646. The van der Waals surface area contributed by atoms with E-state index in [9.17, 15) is 19.2 Å². The van der Waals surface area contributed by atoms with E-state index in [-0.39, 0.29) is 23.6 Å². The van der Waals surface area contributed by atoms with Crippen molar-refractivity contribution in [2.24, 2.45) is 17.8 Å². The molecule has 3 aliphatic rings. The average Bonchev–Trinajstić information content (AvgIpc) is 3.36. The minimum atomic E-state index is -0.664. The Hall–Kier alpha value is -2.90. The Bertz CT molecular complexity index is 850. The first-order valence-corrected chi connectivity index (χ1v) is 9.83. The van der Waals surface area contributed by atoms with E-state index < -0.39 is 35.4 Å². The van der Waals surface area contributed by atoms with Crippen LogP contribution in [0.2, 0.25) is 0 Å². The van der Waals surface area contributed by atoms with Gasteiger partial charge in [-0.25, -0.2) is 9.59 Å². The van der Waals surface area contributed by atoms with Crippen molar-refractivity contribution >= 4 is 23.9 Å². The lowest BCUT2D eigenvalue weighted by atomic mass is 9.92. The van der Waals surface area contributed by atoms with E-state index in [4.69, 9.17) is 9.57 Å². The SMILES string of the molecule is CC(C)(C)OC(=O)N1C[C@H](C(=O)ON2C(=O)c3ccccc3C2=O)[C@@H](C2CC2)C1. The van der Waals surface area contributed by atoms with Gasteiger partial charge >= 0.3 is 12.1 Å². The van der Waals surface area contributed by atoms with Gasteiger partial charge in [0.2, 0.25) is 0 Å². The molecule has 1 aromatic rings. The van der Waals surface area contributed by atoms with Crippen LogP contribution in [0.5, 0.6) is 0 Å². The quantitative estimate of drug-likeness (QED) is 0.724. The number of ether oxygens (including phenoxy) is 1. The van der Waals surface area contributed by atoms with E-state index in [0.29, 0.717) is 17.5 Å². The van der Waals surface area contributed by atoms with Crippen LogP contribution in [-0.4, -0.2) is 52.5 Å².